The summed E-state index contributed by atoms with van der Waals surface area (Å²) in [5.74, 6) is -0.864. The number of hydrogen-bond donors (Lipinski definition) is 1. The van der Waals surface area contributed by atoms with Crippen molar-refractivity contribution in [2.45, 2.75) is 6.18 Å². The monoisotopic (exact) mass is 193 g/mol. The van der Waals surface area contributed by atoms with Crippen molar-refractivity contribution in [3.63, 3.8) is 0 Å². The zero-order chi connectivity index (χ0) is 10.1. The van der Waals surface area contributed by atoms with E-state index < -0.39 is 17.6 Å². The van der Waals surface area contributed by atoms with Gasteiger partial charge in [-0.2, -0.15) is 13.2 Å². The first-order valence-electron chi connectivity index (χ1n) is 3.25. The highest BCUT2D eigenvalue weighted by Crippen LogP contribution is 2.35. The minimum Gasteiger partial charge on any atom is -0.506 e. The summed E-state index contributed by atoms with van der Waals surface area (Å²) in [6, 6.07) is 0.857. The van der Waals surface area contributed by atoms with Crippen LogP contribution in [0.4, 0.5) is 13.2 Å². The molecule has 1 aromatic rings. The summed E-state index contributed by atoms with van der Waals surface area (Å²) in [5, 5.41) is 8.82. The normalized spacial score (nSPS) is 11.4. The molecule has 1 heterocycles. The van der Waals surface area contributed by atoms with Crippen molar-refractivity contribution in [3.8, 4) is 11.5 Å². The van der Waals surface area contributed by atoms with E-state index in [1.54, 1.807) is 0 Å². The Morgan fingerprint density at radius 2 is 2.08 bits per heavy atom. The highest BCUT2D eigenvalue weighted by molar-refractivity contribution is 5.35. The number of rotatable bonds is 1. The van der Waals surface area contributed by atoms with Gasteiger partial charge >= 0.3 is 6.18 Å². The van der Waals surface area contributed by atoms with Crippen LogP contribution in [0.1, 0.15) is 5.69 Å². The van der Waals surface area contributed by atoms with Crippen molar-refractivity contribution >= 4 is 0 Å². The van der Waals surface area contributed by atoms with Gasteiger partial charge in [-0.25, -0.2) is 4.98 Å². The summed E-state index contributed by atoms with van der Waals surface area (Å²) in [6.45, 7) is 0. The van der Waals surface area contributed by atoms with Crippen LogP contribution < -0.4 is 4.74 Å². The summed E-state index contributed by atoms with van der Waals surface area (Å²) >= 11 is 0. The molecule has 0 unspecified atom stereocenters. The zero-order valence-electron chi connectivity index (χ0n) is 6.59. The van der Waals surface area contributed by atoms with Gasteiger partial charge < -0.3 is 9.84 Å². The molecule has 0 saturated heterocycles. The molecular formula is C7H6F3NO2. The number of hydrogen-bond acceptors (Lipinski definition) is 3. The first kappa shape index (κ1) is 9.63. The van der Waals surface area contributed by atoms with E-state index in [0.717, 1.165) is 13.2 Å². The zero-order valence-corrected chi connectivity index (χ0v) is 6.59. The van der Waals surface area contributed by atoms with Gasteiger partial charge in [0, 0.05) is 6.07 Å². The van der Waals surface area contributed by atoms with Gasteiger partial charge in [-0.1, -0.05) is 0 Å². The molecule has 0 bridgehead atoms. The minimum absolute atomic E-state index is 0.371. The molecule has 1 aromatic heterocycles. The van der Waals surface area contributed by atoms with Crippen molar-refractivity contribution in [2.24, 2.45) is 0 Å². The van der Waals surface area contributed by atoms with E-state index >= 15 is 0 Å². The summed E-state index contributed by atoms with van der Waals surface area (Å²) in [7, 11) is 1.08. The lowest BCUT2D eigenvalue weighted by Gasteiger charge is -2.09. The molecule has 0 radical (unpaired) electrons. The van der Waals surface area contributed by atoms with Crippen LogP contribution in [0.15, 0.2) is 12.3 Å². The molecule has 0 spiro atoms. The molecule has 1 N–H and O–H groups in total. The Morgan fingerprint density at radius 3 is 2.54 bits per heavy atom. The van der Waals surface area contributed by atoms with E-state index in [9.17, 15) is 13.2 Å². The maximum atomic E-state index is 12.1. The number of methoxy groups -OCH3 is 1. The molecule has 3 nitrogen and oxygen atoms in total. The predicted molar refractivity (Wildman–Crippen MR) is 37.5 cm³/mol. The Balaban J connectivity index is 3.22. The fourth-order valence-electron chi connectivity index (χ4n) is 0.803. The smallest absolute Gasteiger partial charge is 0.437 e. The number of aromatic nitrogens is 1. The van der Waals surface area contributed by atoms with Crippen LogP contribution in [-0.4, -0.2) is 17.2 Å². The van der Waals surface area contributed by atoms with E-state index in [2.05, 4.69) is 9.72 Å². The Morgan fingerprint density at radius 1 is 1.46 bits per heavy atom. The van der Waals surface area contributed by atoms with E-state index in [4.69, 9.17) is 5.11 Å². The third kappa shape index (κ3) is 2.01. The van der Waals surface area contributed by atoms with Gasteiger partial charge in [0.25, 0.3) is 0 Å². The Kier molecular flexibility index (Phi) is 2.31. The lowest BCUT2D eigenvalue weighted by Crippen LogP contribution is -2.09. The fraction of sp³-hybridized carbons (Fsp3) is 0.286. The molecule has 6 heteroatoms. The first-order valence-corrected chi connectivity index (χ1v) is 3.25. The number of aromatic hydroxyl groups is 1. The summed E-state index contributed by atoms with van der Waals surface area (Å²) in [6.07, 6.45) is -3.86. The van der Waals surface area contributed by atoms with Crippen molar-refractivity contribution in [1.82, 2.24) is 4.98 Å². The van der Waals surface area contributed by atoms with E-state index in [1.165, 1.54) is 0 Å². The first-order chi connectivity index (χ1) is 5.95. The second kappa shape index (κ2) is 3.12. The molecule has 0 fully saturated rings. The minimum atomic E-state index is -4.57. The second-order valence-electron chi connectivity index (χ2n) is 2.24. The van der Waals surface area contributed by atoms with Crippen LogP contribution in [0, 0.1) is 0 Å². The van der Waals surface area contributed by atoms with E-state index in [1.807, 2.05) is 0 Å². The summed E-state index contributed by atoms with van der Waals surface area (Å²) in [5.41, 5.74) is -1.15. The maximum absolute atomic E-state index is 12.1. The second-order valence-corrected chi connectivity index (χ2v) is 2.24. The van der Waals surface area contributed by atoms with Crippen molar-refractivity contribution < 1.29 is 23.0 Å². The molecule has 13 heavy (non-hydrogen) atoms. The molecule has 0 aromatic carbocycles. The highest BCUT2D eigenvalue weighted by atomic mass is 19.4. The van der Waals surface area contributed by atoms with Crippen LogP contribution in [0.25, 0.3) is 0 Å². The Bertz CT molecular complexity index is 311. The van der Waals surface area contributed by atoms with E-state index in [0.29, 0.717) is 6.20 Å². The Labute approximate surface area is 71.8 Å². The van der Waals surface area contributed by atoms with Gasteiger partial charge in [0.05, 0.1) is 13.3 Å². The van der Waals surface area contributed by atoms with Crippen molar-refractivity contribution in [1.29, 1.82) is 0 Å². The number of nitrogens with zero attached hydrogens (tertiary/aromatic N) is 1. The quantitative estimate of drug-likeness (QED) is 0.739. The maximum Gasteiger partial charge on any atom is 0.437 e. The van der Waals surface area contributed by atoms with Gasteiger partial charge in [0.2, 0.25) is 0 Å². The van der Waals surface area contributed by atoms with Crippen molar-refractivity contribution in [3.05, 3.63) is 18.0 Å². The van der Waals surface area contributed by atoms with Gasteiger partial charge in [-0.3, -0.25) is 0 Å². The van der Waals surface area contributed by atoms with Crippen LogP contribution in [0.5, 0.6) is 11.5 Å². The van der Waals surface area contributed by atoms with Crippen LogP contribution in [0.2, 0.25) is 0 Å². The SMILES string of the molecule is COc1cc(O)cnc1C(F)(F)F. The summed E-state index contributed by atoms with van der Waals surface area (Å²) in [4.78, 5) is 3.02. The van der Waals surface area contributed by atoms with Crippen LogP contribution in [-0.2, 0) is 6.18 Å². The fourth-order valence-corrected chi connectivity index (χ4v) is 0.803. The van der Waals surface area contributed by atoms with E-state index in [-0.39, 0.29) is 5.75 Å². The molecule has 0 aliphatic rings. The molecule has 0 atom stereocenters. The molecule has 0 aliphatic heterocycles. The molecular weight excluding hydrogens is 187 g/mol. The average molecular weight is 193 g/mol. The third-order valence-electron chi connectivity index (χ3n) is 1.33. The molecule has 72 valence electrons. The van der Waals surface area contributed by atoms with Crippen molar-refractivity contribution in [2.75, 3.05) is 7.11 Å². The number of pyridine rings is 1. The topological polar surface area (TPSA) is 42.4 Å². The molecule has 0 aliphatic carbocycles. The van der Waals surface area contributed by atoms with Gasteiger partial charge in [0.15, 0.2) is 11.4 Å². The standard InChI is InChI=1S/C7H6F3NO2/c1-13-5-2-4(12)3-11-6(5)7(8,9)10/h2-3,12H,1H3. The molecule has 1 rings (SSSR count). The predicted octanol–water partition coefficient (Wildman–Crippen LogP) is 1.81. The van der Waals surface area contributed by atoms with Gasteiger partial charge in [0.1, 0.15) is 5.75 Å². The average Bonchev–Trinajstić information content (AvgIpc) is 2.01. The van der Waals surface area contributed by atoms with Gasteiger partial charge in [-0.15, -0.1) is 0 Å². The van der Waals surface area contributed by atoms with Crippen LogP contribution >= 0.6 is 0 Å². The largest absolute Gasteiger partial charge is 0.506 e. The molecule has 0 amide bonds. The molecule has 0 saturated carbocycles. The lowest BCUT2D eigenvalue weighted by molar-refractivity contribution is -0.142. The number of ether oxygens (including phenoxy) is 1. The highest BCUT2D eigenvalue weighted by Gasteiger charge is 2.36. The number of halogens is 3. The Hall–Kier alpha value is -1.46. The van der Waals surface area contributed by atoms with Gasteiger partial charge in [-0.05, 0) is 0 Å². The number of alkyl halides is 3. The lowest BCUT2D eigenvalue weighted by atomic mass is 10.3. The third-order valence-corrected chi connectivity index (χ3v) is 1.33. The summed E-state index contributed by atoms with van der Waals surface area (Å²) < 4.78 is 40.8. The van der Waals surface area contributed by atoms with Crippen LogP contribution in [0.3, 0.4) is 0 Å².